The maximum atomic E-state index is 4.48. The molecule has 6 heteroatoms. The zero-order valence-corrected chi connectivity index (χ0v) is 13.2. The molecule has 0 aromatic carbocycles. The monoisotopic (exact) mass is 290 g/mol. The number of hydrogen-bond acceptors (Lipinski definition) is 4. The minimum absolute atomic E-state index is 0.946. The summed E-state index contributed by atoms with van der Waals surface area (Å²) < 4.78 is 0. The minimum atomic E-state index is 0.946. The predicted octanol–water partition coefficient (Wildman–Crippen LogP) is 2.78. The van der Waals surface area contributed by atoms with Gasteiger partial charge in [0.1, 0.15) is 11.6 Å². The fourth-order valence-electron chi connectivity index (χ4n) is 2.33. The van der Waals surface area contributed by atoms with Gasteiger partial charge in [-0.25, -0.2) is 9.97 Å². The molecular weight excluding hydrogens is 264 g/mol. The zero-order valence-electron chi connectivity index (χ0n) is 13.2. The maximum Gasteiger partial charge on any atom is 0.150 e. The molecule has 2 N–H and O–H groups in total. The van der Waals surface area contributed by atoms with Crippen molar-refractivity contribution in [3.63, 3.8) is 0 Å². The van der Waals surface area contributed by atoms with Crippen LogP contribution in [-0.2, 0) is 25.7 Å². The fourth-order valence-corrected chi connectivity index (χ4v) is 2.33. The largest absolute Gasteiger partial charge is 0.263 e. The van der Waals surface area contributed by atoms with E-state index in [1.165, 1.54) is 0 Å². The summed E-state index contributed by atoms with van der Waals surface area (Å²) in [6.07, 6.45) is 9.48. The first kappa shape index (κ1) is 15.7. The third-order valence-corrected chi connectivity index (χ3v) is 3.43. The summed E-state index contributed by atoms with van der Waals surface area (Å²) in [6, 6.07) is 0. The van der Waals surface area contributed by atoms with E-state index in [4.69, 9.17) is 0 Å². The van der Waals surface area contributed by atoms with E-state index in [0.29, 0.717) is 0 Å². The van der Waals surface area contributed by atoms with Crippen LogP contribution < -0.4 is 0 Å². The Kier molecular flexibility index (Phi) is 6.37. The molecule has 0 bridgehead atoms. The normalized spacial score (nSPS) is 11.1. The fraction of sp³-hybridized carbons (Fsp3) is 0.733. The number of aromatic nitrogens is 6. The maximum absolute atomic E-state index is 4.48. The Balaban J connectivity index is 1.60. The number of unbranched alkanes of at least 4 members (excludes halogenated alkanes) is 2. The molecule has 2 aromatic rings. The number of nitrogens with one attached hydrogen (secondary N) is 2. The number of rotatable bonds is 10. The number of nitrogens with zero attached hydrogens (tertiary/aromatic N) is 4. The lowest BCUT2D eigenvalue weighted by atomic mass is 10.1. The van der Waals surface area contributed by atoms with Crippen molar-refractivity contribution in [3.05, 3.63) is 23.3 Å². The van der Waals surface area contributed by atoms with Crippen molar-refractivity contribution in [3.8, 4) is 0 Å². The third-order valence-electron chi connectivity index (χ3n) is 3.43. The van der Waals surface area contributed by atoms with Gasteiger partial charge in [0, 0.05) is 25.7 Å². The highest BCUT2D eigenvalue weighted by Gasteiger charge is 2.04. The zero-order chi connectivity index (χ0) is 14.9. The van der Waals surface area contributed by atoms with E-state index < -0.39 is 0 Å². The number of aryl methyl sites for hydroxylation is 4. The molecular formula is C15H26N6. The molecule has 6 nitrogen and oxygen atoms in total. The molecule has 0 amide bonds. The van der Waals surface area contributed by atoms with E-state index in [2.05, 4.69) is 44.2 Å². The van der Waals surface area contributed by atoms with Crippen LogP contribution in [0.2, 0.25) is 0 Å². The van der Waals surface area contributed by atoms with Gasteiger partial charge in [-0.3, -0.25) is 10.2 Å². The molecule has 0 fully saturated rings. The van der Waals surface area contributed by atoms with Gasteiger partial charge in [-0.2, -0.15) is 10.2 Å². The van der Waals surface area contributed by atoms with Crippen LogP contribution in [0.3, 0.4) is 0 Å². The lowest BCUT2D eigenvalue weighted by Gasteiger charge is -1.96. The molecule has 0 unspecified atom stereocenters. The van der Waals surface area contributed by atoms with E-state index in [9.17, 15) is 0 Å². The van der Waals surface area contributed by atoms with Crippen molar-refractivity contribution in [2.45, 2.75) is 71.6 Å². The van der Waals surface area contributed by atoms with E-state index in [0.717, 1.165) is 81.1 Å². The van der Waals surface area contributed by atoms with Crippen LogP contribution >= 0.6 is 0 Å². The van der Waals surface area contributed by atoms with Crippen molar-refractivity contribution in [2.75, 3.05) is 0 Å². The van der Waals surface area contributed by atoms with Gasteiger partial charge >= 0.3 is 0 Å². The Morgan fingerprint density at radius 2 is 1.14 bits per heavy atom. The summed E-state index contributed by atoms with van der Waals surface area (Å²) in [5, 5.41) is 14.5. The van der Waals surface area contributed by atoms with E-state index in [1.54, 1.807) is 0 Å². The minimum Gasteiger partial charge on any atom is -0.263 e. The van der Waals surface area contributed by atoms with Gasteiger partial charge in [0.05, 0.1) is 0 Å². The Hall–Kier alpha value is -1.72. The number of aromatic amines is 2. The Labute approximate surface area is 126 Å². The van der Waals surface area contributed by atoms with Crippen LogP contribution in [0.15, 0.2) is 0 Å². The van der Waals surface area contributed by atoms with E-state index >= 15 is 0 Å². The Morgan fingerprint density at radius 1 is 0.667 bits per heavy atom. The number of H-pyrrole nitrogens is 2. The molecule has 0 aliphatic carbocycles. The topological polar surface area (TPSA) is 83.1 Å². The molecule has 0 radical (unpaired) electrons. The second-order valence-corrected chi connectivity index (χ2v) is 5.46. The molecule has 0 aliphatic heterocycles. The highest BCUT2D eigenvalue weighted by molar-refractivity contribution is 4.91. The first-order chi connectivity index (χ1) is 10.3. The molecule has 2 heterocycles. The van der Waals surface area contributed by atoms with Crippen LogP contribution in [0.5, 0.6) is 0 Å². The quantitative estimate of drug-likeness (QED) is 0.659. The van der Waals surface area contributed by atoms with Crippen molar-refractivity contribution in [2.24, 2.45) is 0 Å². The highest BCUT2D eigenvalue weighted by atomic mass is 15.2. The third kappa shape index (κ3) is 5.28. The average Bonchev–Trinajstić information content (AvgIpc) is 3.09. The molecule has 0 aliphatic rings. The van der Waals surface area contributed by atoms with Crippen molar-refractivity contribution in [1.29, 1.82) is 0 Å². The second-order valence-electron chi connectivity index (χ2n) is 5.46. The van der Waals surface area contributed by atoms with Gasteiger partial charge in [0.15, 0.2) is 11.6 Å². The van der Waals surface area contributed by atoms with Crippen LogP contribution in [0, 0.1) is 0 Å². The summed E-state index contributed by atoms with van der Waals surface area (Å²) >= 11 is 0. The van der Waals surface area contributed by atoms with Crippen LogP contribution in [-0.4, -0.2) is 30.4 Å². The van der Waals surface area contributed by atoms with Crippen molar-refractivity contribution >= 4 is 0 Å². The molecule has 0 saturated heterocycles. The average molecular weight is 290 g/mol. The van der Waals surface area contributed by atoms with Gasteiger partial charge in [-0.15, -0.1) is 0 Å². The molecule has 0 saturated carbocycles. The SMILES string of the molecule is CCCc1nc(CCCCCc2n[nH]c(CCC)n2)n[nH]1. The first-order valence-electron chi connectivity index (χ1n) is 8.12. The van der Waals surface area contributed by atoms with Gasteiger partial charge in [0.2, 0.25) is 0 Å². The second kappa shape index (κ2) is 8.54. The van der Waals surface area contributed by atoms with E-state index in [-0.39, 0.29) is 0 Å². The van der Waals surface area contributed by atoms with Gasteiger partial charge in [-0.1, -0.05) is 20.3 Å². The molecule has 0 spiro atoms. The Bertz CT molecular complexity index is 469. The van der Waals surface area contributed by atoms with Crippen LogP contribution in [0.1, 0.15) is 69.2 Å². The summed E-state index contributed by atoms with van der Waals surface area (Å²) in [7, 11) is 0. The van der Waals surface area contributed by atoms with Crippen molar-refractivity contribution in [1.82, 2.24) is 30.4 Å². The summed E-state index contributed by atoms with van der Waals surface area (Å²) in [4.78, 5) is 8.97. The Morgan fingerprint density at radius 3 is 1.57 bits per heavy atom. The lowest BCUT2D eigenvalue weighted by Crippen LogP contribution is -1.93. The lowest BCUT2D eigenvalue weighted by molar-refractivity contribution is 0.650. The summed E-state index contributed by atoms with van der Waals surface area (Å²) in [5.74, 6) is 3.91. The van der Waals surface area contributed by atoms with Crippen LogP contribution in [0.4, 0.5) is 0 Å². The van der Waals surface area contributed by atoms with Gasteiger partial charge in [-0.05, 0) is 25.7 Å². The first-order valence-corrected chi connectivity index (χ1v) is 8.12. The smallest absolute Gasteiger partial charge is 0.150 e. The summed E-state index contributed by atoms with van der Waals surface area (Å²) in [5.41, 5.74) is 0. The van der Waals surface area contributed by atoms with Crippen LogP contribution in [0.25, 0.3) is 0 Å². The summed E-state index contributed by atoms with van der Waals surface area (Å²) in [6.45, 7) is 4.30. The molecule has 21 heavy (non-hydrogen) atoms. The molecule has 0 atom stereocenters. The van der Waals surface area contributed by atoms with Gasteiger partial charge < -0.3 is 0 Å². The molecule has 116 valence electrons. The van der Waals surface area contributed by atoms with Gasteiger partial charge in [0.25, 0.3) is 0 Å². The molecule has 2 rings (SSSR count). The number of hydrogen-bond donors (Lipinski definition) is 2. The molecule has 2 aromatic heterocycles. The van der Waals surface area contributed by atoms with Crippen molar-refractivity contribution < 1.29 is 0 Å². The highest BCUT2D eigenvalue weighted by Crippen LogP contribution is 2.07. The predicted molar refractivity (Wildman–Crippen MR) is 82.0 cm³/mol. The standard InChI is InChI=1S/C15H26N6/c1-3-8-12-16-14(20-18-12)10-6-5-7-11-15-17-13(9-4-2)19-21-15/h3-11H2,1-2H3,(H,16,18,20)(H,17,19,21). The van der Waals surface area contributed by atoms with E-state index in [1.807, 2.05) is 0 Å².